The van der Waals surface area contributed by atoms with Crippen LogP contribution in [0.4, 0.5) is 0 Å². The molecule has 1 aromatic carbocycles. The van der Waals surface area contributed by atoms with Gasteiger partial charge in [-0.25, -0.2) is 0 Å². The normalized spacial score (nSPS) is 9.81. The fraction of sp³-hybridized carbons (Fsp3) is 0. The van der Waals surface area contributed by atoms with Crippen molar-refractivity contribution in [3.8, 4) is 11.5 Å². The van der Waals surface area contributed by atoms with E-state index >= 15 is 0 Å². The minimum atomic E-state index is -0.542. The standard InChI is InChI=1S/C12H8ClNO2/c13-12(15)10-5-1-2-6-11(10)16-9-4-3-7-14-8-9/h1-8H. The maximum Gasteiger partial charge on any atom is 0.256 e. The Kier molecular flexibility index (Phi) is 3.17. The maximum atomic E-state index is 11.1. The van der Waals surface area contributed by atoms with Crippen molar-refractivity contribution in [3.05, 3.63) is 54.4 Å². The summed E-state index contributed by atoms with van der Waals surface area (Å²) in [6.45, 7) is 0. The van der Waals surface area contributed by atoms with E-state index in [1.54, 1.807) is 48.8 Å². The number of halogens is 1. The molecule has 2 aromatic rings. The van der Waals surface area contributed by atoms with Gasteiger partial charge in [0, 0.05) is 6.20 Å². The lowest BCUT2D eigenvalue weighted by atomic mass is 10.2. The van der Waals surface area contributed by atoms with E-state index in [2.05, 4.69) is 4.98 Å². The zero-order valence-corrected chi connectivity index (χ0v) is 9.02. The Morgan fingerprint density at radius 1 is 1.19 bits per heavy atom. The third kappa shape index (κ3) is 2.38. The molecule has 80 valence electrons. The Morgan fingerprint density at radius 3 is 2.69 bits per heavy atom. The van der Waals surface area contributed by atoms with Gasteiger partial charge >= 0.3 is 0 Å². The van der Waals surface area contributed by atoms with Gasteiger partial charge in [0.25, 0.3) is 5.24 Å². The van der Waals surface area contributed by atoms with Crippen LogP contribution in [0, 0.1) is 0 Å². The van der Waals surface area contributed by atoms with Crippen molar-refractivity contribution in [1.82, 2.24) is 4.98 Å². The second kappa shape index (κ2) is 4.77. The Hall–Kier alpha value is -1.87. The zero-order valence-electron chi connectivity index (χ0n) is 8.26. The van der Waals surface area contributed by atoms with Crippen LogP contribution in [0.2, 0.25) is 0 Å². The molecular formula is C12H8ClNO2. The van der Waals surface area contributed by atoms with Crippen LogP contribution in [0.1, 0.15) is 10.4 Å². The highest BCUT2D eigenvalue weighted by atomic mass is 35.5. The van der Waals surface area contributed by atoms with E-state index in [4.69, 9.17) is 16.3 Å². The Labute approximate surface area is 97.7 Å². The summed E-state index contributed by atoms with van der Waals surface area (Å²) in [5.41, 5.74) is 0.341. The van der Waals surface area contributed by atoms with Crippen molar-refractivity contribution in [3.63, 3.8) is 0 Å². The summed E-state index contributed by atoms with van der Waals surface area (Å²) in [5, 5.41) is -0.542. The van der Waals surface area contributed by atoms with Crippen LogP contribution < -0.4 is 4.74 Å². The molecule has 0 fully saturated rings. The first-order valence-electron chi connectivity index (χ1n) is 4.64. The van der Waals surface area contributed by atoms with Crippen LogP contribution in [-0.4, -0.2) is 10.2 Å². The zero-order chi connectivity index (χ0) is 11.4. The average Bonchev–Trinajstić information content (AvgIpc) is 2.31. The smallest absolute Gasteiger partial charge is 0.256 e. The SMILES string of the molecule is O=C(Cl)c1ccccc1Oc1cccnc1. The van der Waals surface area contributed by atoms with Gasteiger partial charge in [-0.1, -0.05) is 12.1 Å². The number of ether oxygens (including phenoxy) is 1. The summed E-state index contributed by atoms with van der Waals surface area (Å²) >= 11 is 5.44. The topological polar surface area (TPSA) is 39.2 Å². The first-order chi connectivity index (χ1) is 7.77. The van der Waals surface area contributed by atoms with Crippen LogP contribution >= 0.6 is 11.6 Å². The molecule has 2 rings (SSSR count). The molecule has 0 aliphatic heterocycles. The average molecular weight is 234 g/mol. The van der Waals surface area contributed by atoms with E-state index in [9.17, 15) is 4.79 Å². The molecule has 0 atom stereocenters. The van der Waals surface area contributed by atoms with E-state index in [-0.39, 0.29) is 0 Å². The van der Waals surface area contributed by atoms with Crippen molar-refractivity contribution in [1.29, 1.82) is 0 Å². The van der Waals surface area contributed by atoms with E-state index in [1.165, 1.54) is 0 Å². The highest BCUT2D eigenvalue weighted by molar-refractivity contribution is 6.68. The number of benzene rings is 1. The van der Waals surface area contributed by atoms with Crippen LogP contribution in [0.3, 0.4) is 0 Å². The fourth-order valence-electron chi connectivity index (χ4n) is 1.25. The molecule has 3 nitrogen and oxygen atoms in total. The molecule has 0 radical (unpaired) electrons. The Morgan fingerprint density at radius 2 is 2.00 bits per heavy atom. The molecule has 0 saturated heterocycles. The Bertz CT molecular complexity index is 499. The van der Waals surface area contributed by atoms with E-state index < -0.39 is 5.24 Å². The van der Waals surface area contributed by atoms with E-state index in [0.717, 1.165) is 0 Å². The van der Waals surface area contributed by atoms with Crippen LogP contribution in [-0.2, 0) is 0 Å². The van der Waals surface area contributed by atoms with Crippen molar-refractivity contribution >= 4 is 16.8 Å². The quantitative estimate of drug-likeness (QED) is 0.764. The third-order valence-corrected chi connectivity index (χ3v) is 2.16. The van der Waals surface area contributed by atoms with E-state index in [1.807, 2.05) is 0 Å². The van der Waals surface area contributed by atoms with Crippen LogP contribution in [0.5, 0.6) is 11.5 Å². The molecule has 4 heteroatoms. The first-order valence-corrected chi connectivity index (χ1v) is 5.02. The van der Waals surface area contributed by atoms with Crippen molar-refractivity contribution in [2.24, 2.45) is 0 Å². The lowest BCUT2D eigenvalue weighted by Gasteiger charge is -2.07. The monoisotopic (exact) mass is 233 g/mol. The number of para-hydroxylation sites is 1. The van der Waals surface area contributed by atoms with Crippen LogP contribution in [0.25, 0.3) is 0 Å². The summed E-state index contributed by atoms with van der Waals surface area (Å²) in [6.07, 6.45) is 3.21. The number of carbonyl (C=O) groups excluding carboxylic acids is 1. The molecule has 0 saturated carbocycles. The summed E-state index contributed by atoms with van der Waals surface area (Å²) < 4.78 is 5.50. The number of hydrogen-bond donors (Lipinski definition) is 0. The van der Waals surface area contributed by atoms with Gasteiger partial charge in [-0.3, -0.25) is 9.78 Å². The number of aromatic nitrogens is 1. The third-order valence-electron chi connectivity index (χ3n) is 1.96. The predicted octanol–water partition coefficient (Wildman–Crippen LogP) is 3.25. The van der Waals surface area contributed by atoms with Crippen LogP contribution in [0.15, 0.2) is 48.8 Å². The molecule has 0 aliphatic rings. The summed E-state index contributed by atoms with van der Waals surface area (Å²) in [7, 11) is 0. The fourth-order valence-corrected chi connectivity index (χ4v) is 1.41. The number of pyridine rings is 1. The van der Waals surface area contributed by atoms with Gasteiger partial charge in [-0.15, -0.1) is 0 Å². The van der Waals surface area contributed by atoms with Gasteiger partial charge in [0.15, 0.2) is 0 Å². The molecule has 0 bridgehead atoms. The summed E-state index contributed by atoms with van der Waals surface area (Å²) in [4.78, 5) is 15.0. The van der Waals surface area contributed by atoms with Gasteiger partial charge in [0.05, 0.1) is 11.8 Å². The highest BCUT2D eigenvalue weighted by Gasteiger charge is 2.09. The molecule has 0 spiro atoms. The maximum absolute atomic E-state index is 11.1. The molecule has 0 N–H and O–H groups in total. The predicted molar refractivity (Wildman–Crippen MR) is 60.9 cm³/mol. The molecule has 0 unspecified atom stereocenters. The van der Waals surface area contributed by atoms with Gasteiger partial charge in [0.1, 0.15) is 11.5 Å². The number of rotatable bonds is 3. The number of carbonyl (C=O) groups is 1. The summed E-state index contributed by atoms with van der Waals surface area (Å²) in [5.74, 6) is 0.989. The van der Waals surface area contributed by atoms with Gasteiger partial charge in [-0.2, -0.15) is 0 Å². The van der Waals surface area contributed by atoms with Gasteiger partial charge in [-0.05, 0) is 35.9 Å². The highest BCUT2D eigenvalue weighted by Crippen LogP contribution is 2.25. The van der Waals surface area contributed by atoms with Gasteiger partial charge in [0.2, 0.25) is 0 Å². The van der Waals surface area contributed by atoms with Crippen molar-refractivity contribution < 1.29 is 9.53 Å². The second-order valence-corrected chi connectivity index (χ2v) is 3.40. The minimum Gasteiger partial charge on any atom is -0.455 e. The van der Waals surface area contributed by atoms with E-state index in [0.29, 0.717) is 17.1 Å². The number of nitrogens with zero attached hydrogens (tertiary/aromatic N) is 1. The molecule has 1 aromatic heterocycles. The molecule has 0 aliphatic carbocycles. The largest absolute Gasteiger partial charge is 0.455 e. The van der Waals surface area contributed by atoms with Crippen molar-refractivity contribution in [2.45, 2.75) is 0 Å². The lowest BCUT2D eigenvalue weighted by Crippen LogP contribution is -1.94. The second-order valence-electron chi connectivity index (χ2n) is 3.06. The molecular weight excluding hydrogens is 226 g/mol. The molecule has 0 amide bonds. The number of hydrogen-bond acceptors (Lipinski definition) is 3. The minimum absolute atomic E-state index is 0.341. The lowest BCUT2D eigenvalue weighted by molar-refractivity contribution is 0.107. The Balaban J connectivity index is 2.31. The molecule has 1 heterocycles. The molecule has 16 heavy (non-hydrogen) atoms. The van der Waals surface area contributed by atoms with Crippen molar-refractivity contribution in [2.75, 3.05) is 0 Å². The van der Waals surface area contributed by atoms with Gasteiger partial charge < -0.3 is 4.74 Å². The summed E-state index contributed by atoms with van der Waals surface area (Å²) in [6, 6.07) is 10.3. The first kappa shape index (κ1) is 10.6.